The minimum absolute atomic E-state index is 0.131. The van der Waals surface area contributed by atoms with Gasteiger partial charge in [0.1, 0.15) is 11.8 Å². The standard InChI is InChI=1S/C17H16N2O/c18-11-16-14(7-4-10-19-16)12-20-17-9-3-6-13-5-1-2-8-15(13)17/h1-2,4-5,7-8,10,17H,3,6,9,12H2. The number of benzene rings is 1. The van der Waals surface area contributed by atoms with Crippen LogP contribution in [-0.4, -0.2) is 4.98 Å². The zero-order valence-electron chi connectivity index (χ0n) is 11.2. The summed E-state index contributed by atoms with van der Waals surface area (Å²) in [4.78, 5) is 4.06. The summed E-state index contributed by atoms with van der Waals surface area (Å²) in [6.07, 6.45) is 5.09. The molecule has 1 unspecified atom stereocenters. The third-order valence-corrected chi connectivity index (χ3v) is 3.75. The lowest BCUT2D eigenvalue weighted by atomic mass is 9.89. The zero-order chi connectivity index (χ0) is 13.8. The predicted octanol–water partition coefficient (Wildman–Crippen LogP) is 3.55. The van der Waals surface area contributed by atoms with Gasteiger partial charge in [-0.3, -0.25) is 0 Å². The van der Waals surface area contributed by atoms with E-state index in [4.69, 9.17) is 10.00 Å². The van der Waals surface area contributed by atoms with E-state index in [2.05, 4.69) is 35.3 Å². The Morgan fingerprint density at radius 2 is 2.15 bits per heavy atom. The van der Waals surface area contributed by atoms with E-state index in [0.717, 1.165) is 24.8 Å². The number of nitriles is 1. The molecule has 0 saturated heterocycles. The Morgan fingerprint density at radius 3 is 3.05 bits per heavy atom. The fourth-order valence-corrected chi connectivity index (χ4v) is 2.73. The molecular weight excluding hydrogens is 248 g/mol. The van der Waals surface area contributed by atoms with Crippen LogP contribution in [0.1, 0.15) is 41.3 Å². The van der Waals surface area contributed by atoms with Crippen molar-refractivity contribution in [2.75, 3.05) is 0 Å². The topological polar surface area (TPSA) is 45.9 Å². The number of ether oxygens (including phenoxy) is 1. The molecule has 0 spiro atoms. The number of hydrogen-bond acceptors (Lipinski definition) is 3. The van der Waals surface area contributed by atoms with E-state index in [9.17, 15) is 0 Å². The fraction of sp³-hybridized carbons (Fsp3) is 0.294. The Hall–Kier alpha value is -2.18. The number of rotatable bonds is 3. The molecule has 0 aliphatic heterocycles. The number of hydrogen-bond donors (Lipinski definition) is 0. The van der Waals surface area contributed by atoms with Crippen molar-refractivity contribution in [2.24, 2.45) is 0 Å². The molecule has 0 radical (unpaired) electrons. The van der Waals surface area contributed by atoms with Crippen LogP contribution in [-0.2, 0) is 17.8 Å². The molecule has 3 rings (SSSR count). The van der Waals surface area contributed by atoms with Crippen LogP contribution in [0.2, 0.25) is 0 Å². The average molecular weight is 264 g/mol. The van der Waals surface area contributed by atoms with Crippen LogP contribution in [0, 0.1) is 11.3 Å². The SMILES string of the molecule is N#Cc1ncccc1COC1CCCc2ccccc21. The van der Waals surface area contributed by atoms with Gasteiger partial charge in [0.25, 0.3) is 0 Å². The first-order valence-electron chi connectivity index (χ1n) is 6.92. The van der Waals surface area contributed by atoms with Crippen molar-refractivity contribution in [1.82, 2.24) is 4.98 Å². The molecular formula is C17H16N2O. The second-order valence-corrected chi connectivity index (χ2v) is 5.01. The largest absolute Gasteiger partial charge is 0.369 e. The van der Waals surface area contributed by atoms with Crippen LogP contribution in [0.3, 0.4) is 0 Å². The molecule has 0 N–H and O–H groups in total. The first-order chi connectivity index (χ1) is 9.88. The van der Waals surface area contributed by atoms with Crippen LogP contribution in [0.15, 0.2) is 42.6 Å². The Morgan fingerprint density at radius 1 is 1.25 bits per heavy atom. The normalized spacial score (nSPS) is 17.2. The Bertz CT molecular complexity index is 645. The lowest BCUT2D eigenvalue weighted by Crippen LogP contribution is -2.13. The van der Waals surface area contributed by atoms with Crippen molar-refractivity contribution < 1.29 is 4.74 Å². The van der Waals surface area contributed by atoms with Crippen molar-refractivity contribution >= 4 is 0 Å². The fourth-order valence-electron chi connectivity index (χ4n) is 2.73. The number of pyridine rings is 1. The summed E-state index contributed by atoms with van der Waals surface area (Å²) in [6, 6.07) is 14.3. The monoisotopic (exact) mass is 264 g/mol. The quantitative estimate of drug-likeness (QED) is 0.851. The third kappa shape index (κ3) is 2.56. The van der Waals surface area contributed by atoms with Crippen molar-refractivity contribution in [3.8, 4) is 6.07 Å². The molecule has 1 aliphatic carbocycles. The van der Waals surface area contributed by atoms with Gasteiger partial charge in [-0.05, 0) is 36.5 Å². The average Bonchev–Trinajstić information content (AvgIpc) is 2.53. The molecule has 2 aromatic rings. The second-order valence-electron chi connectivity index (χ2n) is 5.01. The van der Waals surface area contributed by atoms with Crippen molar-refractivity contribution in [2.45, 2.75) is 32.0 Å². The summed E-state index contributed by atoms with van der Waals surface area (Å²) >= 11 is 0. The van der Waals surface area contributed by atoms with E-state index in [-0.39, 0.29) is 6.10 Å². The summed E-state index contributed by atoms with van der Waals surface area (Å²) in [5.41, 5.74) is 3.99. The summed E-state index contributed by atoms with van der Waals surface area (Å²) in [7, 11) is 0. The molecule has 0 amide bonds. The summed E-state index contributed by atoms with van der Waals surface area (Å²) in [6.45, 7) is 0.440. The molecule has 1 atom stereocenters. The predicted molar refractivity (Wildman–Crippen MR) is 75.9 cm³/mol. The van der Waals surface area contributed by atoms with E-state index >= 15 is 0 Å². The molecule has 100 valence electrons. The summed E-state index contributed by atoms with van der Waals surface area (Å²) < 4.78 is 6.05. The number of aromatic nitrogens is 1. The highest BCUT2D eigenvalue weighted by atomic mass is 16.5. The Balaban J connectivity index is 1.75. The minimum atomic E-state index is 0.131. The first-order valence-corrected chi connectivity index (χ1v) is 6.92. The van der Waals surface area contributed by atoms with Gasteiger partial charge >= 0.3 is 0 Å². The number of aryl methyl sites for hydroxylation is 1. The van der Waals surface area contributed by atoms with E-state index in [0.29, 0.717) is 12.3 Å². The molecule has 1 heterocycles. The van der Waals surface area contributed by atoms with Crippen molar-refractivity contribution in [1.29, 1.82) is 5.26 Å². The van der Waals surface area contributed by atoms with Gasteiger partial charge in [0.05, 0.1) is 12.7 Å². The highest BCUT2D eigenvalue weighted by molar-refractivity contribution is 5.32. The lowest BCUT2D eigenvalue weighted by Gasteiger charge is -2.25. The maximum Gasteiger partial charge on any atom is 0.145 e. The molecule has 3 heteroatoms. The summed E-state index contributed by atoms with van der Waals surface area (Å²) in [5.74, 6) is 0. The minimum Gasteiger partial charge on any atom is -0.369 e. The Labute approximate surface area is 118 Å². The van der Waals surface area contributed by atoms with E-state index in [1.165, 1.54) is 11.1 Å². The van der Waals surface area contributed by atoms with Crippen LogP contribution >= 0.6 is 0 Å². The highest BCUT2D eigenvalue weighted by Crippen LogP contribution is 2.32. The lowest BCUT2D eigenvalue weighted by molar-refractivity contribution is 0.0280. The molecule has 1 aromatic heterocycles. The van der Waals surface area contributed by atoms with Crippen LogP contribution < -0.4 is 0 Å². The van der Waals surface area contributed by atoms with Crippen LogP contribution in [0.5, 0.6) is 0 Å². The van der Waals surface area contributed by atoms with Crippen LogP contribution in [0.25, 0.3) is 0 Å². The van der Waals surface area contributed by atoms with Gasteiger partial charge in [-0.1, -0.05) is 30.3 Å². The zero-order valence-corrected chi connectivity index (χ0v) is 11.2. The van der Waals surface area contributed by atoms with Gasteiger partial charge in [-0.25, -0.2) is 4.98 Å². The molecule has 0 fully saturated rings. The van der Waals surface area contributed by atoms with Gasteiger partial charge in [0, 0.05) is 11.8 Å². The molecule has 3 nitrogen and oxygen atoms in total. The van der Waals surface area contributed by atoms with E-state index < -0.39 is 0 Å². The van der Waals surface area contributed by atoms with Crippen LogP contribution in [0.4, 0.5) is 0 Å². The van der Waals surface area contributed by atoms with E-state index in [1.807, 2.05) is 12.1 Å². The van der Waals surface area contributed by atoms with Crippen molar-refractivity contribution in [3.63, 3.8) is 0 Å². The maximum absolute atomic E-state index is 9.05. The second kappa shape index (κ2) is 5.85. The van der Waals surface area contributed by atoms with Gasteiger partial charge in [-0.15, -0.1) is 0 Å². The first kappa shape index (κ1) is 12.8. The van der Waals surface area contributed by atoms with Gasteiger partial charge in [0.15, 0.2) is 0 Å². The van der Waals surface area contributed by atoms with Crippen molar-refractivity contribution in [3.05, 3.63) is 65.0 Å². The maximum atomic E-state index is 9.05. The molecule has 0 bridgehead atoms. The van der Waals surface area contributed by atoms with Gasteiger partial charge in [-0.2, -0.15) is 5.26 Å². The third-order valence-electron chi connectivity index (χ3n) is 3.75. The number of nitrogens with zero attached hydrogens (tertiary/aromatic N) is 2. The van der Waals surface area contributed by atoms with E-state index in [1.54, 1.807) is 6.20 Å². The van der Waals surface area contributed by atoms with Gasteiger partial charge < -0.3 is 4.74 Å². The Kier molecular flexibility index (Phi) is 3.76. The molecule has 1 aliphatic rings. The highest BCUT2D eigenvalue weighted by Gasteiger charge is 2.20. The summed E-state index contributed by atoms with van der Waals surface area (Å²) in [5, 5.41) is 9.05. The molecule has 20 heavy (non-hydrogen) atoms. The smallest absolute Gasteiger partial charge is 0.145 e. The molecule has 0 saturated carbocycles. The van der Waals surface area contributed by atoms with Gasteiger partial charge in [0.2, 0.25) is 0 Å². The molecule has 1 aromatic carbocycles. The number of fused-ring (bicyclic) bond motifs is 1.